The molecule has 0 heterocycles. The lowest BCUT2D eigenvalue weighted by atomic mass is 10.2. The molecule has 0 amide bonds. The molecular weight excluding hydrogens is 280 g/mol. The van der Waals surface area contributed by atoms with Crippen LogP contribution in [0.1, 0.15) is 36.0 Å². The maximum Gasteiger partial charge on any atom is 0.338 e. The molecule has 0 aliphatic rings. The Morgan fingerprint density at radius 2 is 1.50 bits per heavy atom. The Kier molecular flexibility index (Phi) is 8.50. The third kappa shape index (κ3) is 6.48. The molecule has 0 bridgehead atoms. The number of hydrogen-bond donors (Lipinski definition) is 0. The molecule has 0 aliphatic carbocycles. The molecule has 4 heteroatoms. The zero-order valence-corrected chi connectivity index (χ0v) is 13.2. The molecular formula is C18H24O4. The summed E-state index contributed by atoms with van der Waals surface area (Å²) >= 11 is 0. The van der Waals surface area contributed by atoms with Crippen molar-refractivity contribution in [2.24, 2.45) is 0 Å². The summed E-state index contributed by atoms with van der Waals surface area (Å²) in [5, 5.41) is 0. The number of allylic oxidation sites excluding steroid dienone is 2. The van der Waals surface area contributed by atoms with Gasteiger partial charge in [0.1, 0.15) is 11.5 Å². The zero-order valence-electron chi connectivity index (χ0n) is 13.2. The Morgan fingerprint density at radius 3 is 1.91 bits per heavy atom. The number of hydrogen-bond acceptors (Lipinski definition) is 4. The molecule has 1 rings (SSSR count). The summed E-state index contributed by atoms with van der Waals surface area (Å²) in [5.41, 5.74) is 0.419. The van der Waals surface area contributed by atoms with Crippen LogP contribution < -0.4 is 9.47 Å². The number of benzene rings is 1. The van der Waals surface area contributed by atoms with Crippen LogP contribution in [0.5, 0.6) is 11.5 Å². The van der Waals surface area contributed by atoms with Crippen LogP contribution in [0.3, 0.4) is 0 Å². The molecule has 0 N–H and O–H groups in total. The van der Waals surface area contributed by atoms with Crippen LogP contribution in [0.15, 0.2) is 43.5 Å². The summed E-state index contributed by atoms with van der Waals surface area (Å²) in [5.74, 6) is 0.795. The minimum atomic E-state index is -0.410. The highest BCUT2D eigenvalue weighted by molar-refractivity contribution is 5.90. The van der Waals surface area contributed by atoms with Gasteiger partial charge in [0.2, 0.25) is 0 Å². The van der Waals surface area contributed by atoms with Crippen molar-refractivity contribution in [3.05, 3.63) is 49.1 Å². The van der Waals surface area contributed by atoms with E-state index in [0.29, 0.717) is 30.3 Å². The molecule has 1 aromatic carbocycles. The third-order valence-corrected chi connectivity index (χ3v) is 2.94. The molecule has 120 valence electrons. The minimum Gasteiger partial charge on any atom is -0.493 e. The van der Waals surface area contributed by atoms with E-state index in [-0.39, 0.29) is 0 Å². The summed E-state index contributed by atoms with van der Waals surface area (Å²) in [6.45, 7) is 8.47. The average Bonchev–Trinajstić information content (AvgIpc) is 2.54. The van der Waals surface area contributed by atoms with Crippen molar-refractivity contribution in [1.82, 2.24) is 0 Å². The molecule has 0 aromatic heterocycles. The predicted octanol–water partition coefficient (Wildman–Crippen LogP) is 4.16. The average molecular weight is 304 g/mol. The molecule has 0 spiro atoms. The van der Waals surface area contributed by atoms with Crippen LogP contribution in [-0.2, 0) is 4.74 Å². The van der Waals surface area contributed by atoms with Crippen molar-refractivity contribution in [3.63, 3.8) is 0 Å². The number of ether oxygens (including phenoxy) is 3. The second-order valence-electron chi connectivity index (χ2n) is 4.74. The maximum atomic E-state index is 11.7. The number of esters is 1. The highest BCUT2D eigenvalue weighted by atomic mass is 16.5. The van der Waals surface area contributed by atoms with Crippen LogP contribution >= 0.6 is 0 Å². The van der Waals surface area contributed by atoms with Crippen LogP contribution in [0.25, 0.3) is 0 Å². The van der Waals surface area contributed by atoms with Crippen LogP contribution in [0, 0.1) is 0 Å². The van der Waals surface area contributed by atoms with Crippen molar-refractivity contribution in [2.75, 3.05) is 20.3 Å². The second-order valence-corrected chi connectivity index (χ2v) is 4.74. The minimum absolute atomic E-state index is 0.410. The van der Waals surface area contributed by atoms with Crippen molar-refractivity contribution in [3.8, 4) is 11.5 Å². The molecule has 0 saturated heterocycles. The number of rotatable bonds is 11. The standard InChI is InChI=1S/C18H24O4/c1-4-6-8-10-21-16-12-15(18(19)20-3)13-17(14-16)22-11-9-7-5-2/h4-5,12-14H,1-2,6-11H2,3H3. The van der Waals surface area contributed by atoms with E-state index in [1.165, 1.54) is 7.11 Å². The Labute approximate surface area is 132 Å². The van der Waals surface area contributed by atoms with E-state index in [9.17, 15) is 4.79 Å². The lowest BCUT2D eigenvalue weighted by Crippen LogP contribution is -2.05. The highest BCUT2D eigenvalue weighted by Crippen LogP contribution is 2.24. The Hall–Kier alpha value is -2.23. The normalized spacial score (nSPS) is 9.86. The van der Waals surface area contributed by atoms with Gasteiger partial charge in [-0.25, -0.2) is 4.79 Å². The van der Waals surface area contributed by atoms with Gasteiger partial charge < -0.3 is 14.2 Å². The van der Waals surface area contributed by atoms with E-state index in [1.807, 2.05) is 12.2 Å². The lowest BCUT2D eigenvalue weighted by molar-refractivity contribution is 0.0599. The fraction of sp³-hybridized carbons (Fsp3) is 0.389. The smallest absolute Gasteiger partial charge is 0.338 e. The van der Waals surface area contributed by atoms with Crippen LogP contribution in [0.4, 0.5) is 0 Å². The van der Waals surface area contributed by atoms with Gasteiger partial charge in [-0.3, -0.25) is 0 Å². The zero-order chi connectivity index (χ0) is 16.2. The molecule has 4 nitrogen and oxygen atoms in total. The molecule has 1 aromatic rings. The predicted molar refractivity (Wildman–Crippen MR) is 87.6 cm³/mol. The first-order valence-electron chi connectivity index (χ1n) is 7.42. The first-order chi connectivity index (χ1) is 10.7. The van der Waals surface area contributed by atoms with Gasteiger partial charge in [-0.05, 0) is 37.8 Å². The van der Waals surface area contributed by atoms with E-state index < -0.39 is 5.97 Å². The third-order valence-electron chi connectivity index (χ3n) is 2.94. The second kappa shape index (κ2) is 10.5. The van der Waals surface area contributed by atoms with Crippen molar-refractivity contribution in [2.45, 2.75) is 25.7 Å². The quantitative estimate of drug-likeness (QED) is 0.350. The summed E-state index contributed by atoms with van der Waals surface area (Å²) in [6.07, 6.45) is 7.23. The molecule has 22 heavy (non-hydrogen) atoms. The van der Waals surface area contributed by atoms with Crippen LogP contribution in [0.2, 0.25) is 0 Å². The molecule has 0 fully saturated rings. The van der Waals surface area contributed by atoms with Gasteiger partial charge in [0.15, 0.2) is 0 Å². The van der Waals surface area contributed by atoms with Crippen molar-refractivity contribution >= 4 is 5.97 Å². The number of methoxy groups -OCH3 is 1. The summed E-state index contributed by atoms with van der Waals surface area (Å²) < 4.78 is 16.1. The molecule has 0 aliphatic heterocycles. The monoisotopic (exact) mass is 304 g/mol. The van der Waals surface area contributed by atoms with Gasteiger partial charge in [-0.1, -0.05) is 12.2 Å². The number of carbonyl (C=O) groups excluding carboxylic acids is 1. The molecule has 0 radical (unpaired) electrons. The van der Waals surface area contributed by atoms with Gasteiger partial charge in [0.05, 0.1) is 25.9 Å². The fourth-order valence-electron chi connectivity index (χ4n) is 1.81. The largest absolute Gasteiger partial charge is 0.493 e. The topological polar surface area (TPSA) is 44.8 Å². The van der Waals surface area contributed by atoms with Crippen LogP contribution in [-0.4, -0.2) is 26.3 Å². The van der Waals surface area contributed by atoms with Gasteiger partial charge in [0.25, 0.3) is 0 Å². The molecule has 0 saturated carbocycles. The summed E-state index contributed by atoms with van der Waals surface area (Å²) in [7, 11) is 1.35. The Balaban J connectivity index is 2.73. The fourth-order valence-corrected chi connectivity index (χ4v) is 1.81. The number of unbranched alkanes of at least 4 members (excludes halogenated alkanes) is 2. The SMILES string of the molecule is C=CCCCOc1cc(OCCCC=C)cc(C(=O)OC)c1. The summed E-state index contributed by atoms with van der Waals surface area (Å²) in [6, 6.07) is 5.11. The lowest BCUT2D eigenvalue weighted by Gasteiger charge is -2.11. The van der Waals surface area contributed by atoms with Gasteiger partial charge in [0, 0.05) is 6.07 Å². The van der Waals surface area contributed by atoms with Gasteiger partial charge >= 0.3 is 5.97 Å². The van der Waals surface area contributed by atoms with Crippen molar-refractivity contribution < 1.29 is 19.0 Å². The Morgan fingerprint density at radius 1 is 1.00 bits per heavy atom. The molecule has 0 atom stereocenters. The Bertz CT molecular complexity index is 460. The van der Waals surface area contributed by atoms with E-state index in [2.05, 4.69) is 13.2 Å². The first kappa shape index (κ1) is 17.8. The molecule has 0 unspecified atom stereocenters. The maximum absolute atomic E-state index is 11.7. The highest BCUT2D eigenvalue weighted by Gasteiger charge is 2.10. The van der Waals surface area contributed by atoms with E-state index in [4.69, 9.17) is 14.2 Å². The van der Waals surface area contributed by atoms with E-state index in [0.717, 1.165) is 25.7 Å². The first-order valence-corrected chi connectivity index (χ1v) is 7.42. The number of carbonyl (C=O) groups is 1. The van der Waals surface area contributed by atoms with Gasteiger partial charge in [-0.15, -0.1) is 13.2 Å². The van der Waals surface area contributed by atoms with Crippen molar-refractivity contribution in [1.29, 1.82) is 0 Å². The van der Waals surface area contributed by atoms with E-state index in [1.54, 1.807) is 18.2 Å². The summed E-state index contributed by atoms with van der Waals surface area (Å²) in [4.78, 5) is 11.7. The van der Waals surface area contributed by atoms with Gasteiger partial charge in [-0.2, -0.15) is 0 Å². The van der Waals surface area contributed by atoms with E-state index >= 15 is 0 Å².